The molecular weight excluding hydrogens is 316 g/mol. The van der Waals surface area contributed by atoms with Gasteiger partial charge in [-0.25, -0.2) is 0 Å². The number of nitrogens with one attached hydrogen (secondary N) is 2. The lowest BCUT2D eigenvalue weighted by Gasteiger charge is -2.61. The van der Waals surface area contributed by atoms with E-state index in [4.69, 9.17) is 4.74 Å². The zero-order chi connectivity index (χ0) is 17.4. The SMILES string of the molecule is CCO[C@H]1C[C@@H](NC(=O)Cc2cc3ccccc3[nH]c2=O)C12CCC2. The van der Waals surface area contributed by atoms with Crippen molar-refractivity contribution in [3.05, 3.63) is 46.2 Å². The van der Waals surface area contributed by atoms with Crippen LogP contribution in [-0.4, -0.2) is 29.6 Å². The Bertz CT molecular complexity index is 853. The largest absolute Gasteiger partial charge is 0.378 e. The molecule has 2 aliphatic carbocycles. The molecule has 2 aromatic rings. The van der Waals surface area contributed by atoms with E-state index in [-0.39, 0.29) is 35.4 Å². The molecule has 0 bridgehead atoms. The minimum absolute atomic E-state index is 0.0768. The van der Waals surface area contributed by atoms with Crippen molar-refractivity contribution in [3.8, 4) is 0 Å². The molecule has 2 atom stereocenters. The number of aromatic amines is 1. The number of H-pyrrole nitrogens is 1. The Morgan fingerprint density at radius 2 is 2.16 bits per heavy atom. The fourth-order valence-corrected chi connectivity index (χ4v) is 4.38. The first kappa shape index (κ1) is 16.3. The number of ether oxygens (including phenoxy) is 1. The second kappa shape index (κ2) is 6.30. The van der Waals surface area contributed by atoms with Gasteiger partial charge in [0.25, 0.3) is 5.56 Å². The Morgan fingerprint density at radius 1 is 1.36 bits per heavy atom. The van der Waals surface area contributed by atoms with E-state index in [9.17, 15) is 9.59 Å². The summed E-state index contributed by atoms with van der Waals surface area (Å²) in [6, 6.07) is 9.61. The van der Waals surface area contributed by atoms with E-state index >= 15 is 0 Å². The van der Waals surface area contributed by atoms with E-state index in [2.05, 4.69) is 10.3 Å². The smallest absolute Gasteiger partial charge is 0.252 e. The van der Waals surface area contributed by atoms with Crippen LogP contribution < -0.4 is 10.9 Å². The summed E-state index contributed by atoms with van der Waals surface area (Å²) in [5, 5.41) is 4.09. The van der Waals surface area contributed by atoms with Crippen LogP contribution in [0.15, 0.2) is 35.1 Å². The van der Waals surface area contributed by atoms with Crippen LogP contribution in [0.4, 0.5) is 0 Å². The molecular formula is C20H24N2O3. The number of hydrogen-bond acceptors (Lipinski definition) is 3. The summed E-state index contributed by atoms with van der Waals surface area (Å²) < 4.78 is 5.83. The molecule has 2 fully saturated rings. The first-order valence-corrected chi connectivity index (χ1v) is 9.14. The monoisotopic (exact) mass is 340 g/mol. The van der Waals surface area contributed by atoms with Crippen molar-refractivity contribution in [2.24, 2.45) is 5.41 Å². The molecule has 1 aromatic carbocycles. The Labute approximate surface area is 146 Å². The van der Waals surface area contributed by atoms with Crippen LogP contribution in [0, 0.1) is 5.41 Å². The predicted octanol–water partition coefficient (Wildman–Crippen LogP) is 2.53. The average Bonchev–Trinajstić information content (AvgIpc) is 2.53. The van der Waals surface area contributed by atoms with Gasteiger partial charge in [-0.2, -0.15) is 0 Å². The van der Waals surface area contributed by atoms with Crippen LogP contribution in [0.1, 0.15) is 38.2 Å². The lowest BCUT2D eigenvalue weighted by Crippen LogP contribution is -2.67. The van der Waals surface area contributed by atoms with Gasteiger partial charge in [0.2, 0.25) is 5.91 Å². The van der Waals surface area contributed by atoms with Crippen molar-refractivity contribution in [2.45, 2.75) is 51.2 Å². The number of fused-ring (bicyclic) bond motifs is 1. The molecule has 2 N–H and O–H groups in total. The lowest BCUT2D eigenvalue weighted by molar-refractivity contribution is -0.175. The van der Waals surface area contributed by atoms with E-state index in [1.54, 1.807) is 0 Å². The minimum Gasteiger partial charge on any atom is -0.378 e. The molecule has 2 saturated carbocycles. The van der Waals surface area contributed by atoms with Gasteiger partial charge in [-0.15, -0.1) is 0 Å². The molecule has 4 rings (SSSR count). The predicted molar refractivity (Wildman–Crippen MR) is 96.5 cm³/mol. The number of rotatable bonds is 5. The van der Waals surface area contributed by atoms with E-state index in [0.29, 0.717) is 5.56 Å². The van der Waals surface area contributed by atoms with Crippen LogP contribution >= 0.6 is 0 Å². The molecule has 5 nitrogen and oxygen atoms in total. The molecule has 25 heavy (non-hydrogen) atoms. The first-order chi connectivity index (χ1) is 12.1. The van der Waals surface area contributed by atoms with E-state index in [1.165, 1.54) is 6.42 Å². The maximum atomic E-state index is 12.5. The Morgan fingerprint density at radius 3 is 2.88 bits per heavy atom. The van der Waals surface area contributed by atoms with Crippen molar-refractivity contribution in [3.63, 3.8) is 0 Å². The third-order valence-corrected chi connectivity index (χ3v) is 5.95. The highest BCUT2D eigenvalue weighted by atomic mass is 16.5. The molecule has 132 valence electrons. The number of benzene rings is 1. The maximum Gasteiger partial charge on any atom is 0.252 e. The van der Waals surface area contributed by atoms with E-state index < -0.39 is 0 Å². The van der Waals surface area contributed by atoms with Crippen molar-refractivity contribution >= 4 is 16.8 Å². The highest BCUT2D eigenvalue weighted by Gasteiger charge is 2.59. The fourth-order valence-electron chi connectivity index (χ4n) is 4.38. The van der Waals surface area contributed by atoms with Crippen molar-refractivity contribution in [2.75, 3.05) is 6.61 Å². The Hall–Kier alpha value is -2.14. The zero-order valence-electron chi connectivity index (χ0n) is 14.5. The topological polar surface area (TPSA) is 71.2 Å². The fraction of sp³-hybridized carbons (Fsp3) is 0.500. The number of amides is 1. The lowest BCUT2D eigenvalue weighted by atomic mass is 9.51. The summed E-state index contributed by atoms with van der Waals surface area (Å²) >= 11 is 0. The summed E-state index contributed by atoms with van der Waals surface area (Å²) in [5.74, 6) is -0.0768. The quantitative estimate of drug-likeness (QED) is 0.879. The van der Waals surface area contributed by atoms with Gasteiger partial charge >= 0.3 is 0 Å². The van der Waals surface area contributed by atoms with Crippen LogP contribution in [0.2, 0.25) is 0 Å². The molecule has 0 saturated heterocycles. The summed E-state index contributed by atoms with van der Waals surface area (Å²) in [7, 11) is 0. The third-order valence-electron chi connectivity index (χ3n) is 5.95. The Kier molecular flexibility index (Phi) is 4.12. The van der Waals surface area contributed by atoms with Gasteiger partial charge < -0.3 is 15.0 Å². The van der Waals surface area contributed by atoms with Gasteiger partial charge in [-0.1, -0.05) is 24.6 Å². The van der Waals surface area contributed by atoms with Crippen LogP contribution in [-0.2, 0) is 16.0 Å². The normalized spacial score (nSPS) is 23.9. The second-order valence-electron chi connectivity index (χ2n) is 7.27. The Balaban J connectivity index is 1.45. The molecule has 1 spiro atoms. The molecule has 0 radical (unpaired) electrons. The number of hydrogen-bond donors (Lipinski definition) is 2. The number of para-hydroxylation sites is 1. The molecule has 0 unspecified atom stereocenters. The standard InChI is InChI=1S/C20H24N2O3/c1-2-25-17-12-16(20(17)8-5-9-20)22-18(23)11-14-10-13-6-3-4-7-15(13)21-19(14)24/h3-4,6-7,10,16-17H,2,5,8-9,11-12H2,1H3,(H,21,24)(H,22,23)/t16-,17+/m1/s1. The minimum atomic E-state index is -0.187. The maximum absolute atomic E-state index is 12.5. The number of pyridine rings is 1. The molecule has 1 amide bonds. The highest BCUT2D eigenvalue weighted by Crippen LogP contribution is 2.57. The molecule has 1 aromatic heterocycles. The van der Waals surface area contributed by atoms with Crippen molar-refractivity contribution in [1.29, 1.82) is 0 Å². The van der Waals surface area contributed by atoms with Gasteiger partial charge in [-0.05, 0) is 43.7 Å². The number of carbonyl (C=O) groups is 1. The van der Waals surface area contributed by atoms with E-state index in [1.807, 2.05) is 37.3 Å². The summed E-state index contributed by atoms with van der Waals surface area (Å²) in [6.07, 6.45) is 4.74. The zero-order valence-corrected chi connectivity index (χ0v) is 14.5. The second-order valence-corrected chi connectivity index (χ2v) is 7.27. The van der Waals surface area contributed by atoms with E-state index in [0.717, 1.165) is 36.8 Å². The third kappa shape index (κ3) is 2.76. The van der Waals surface area contributed by atoms with Gasteiger partial charge in [0.15, 0.2) is 0 Å². The van der Waals surface area contributed by atoms with Gasteiger partial charge in [-0.3, -0.25) is 9.59 Å². The van der Waals surface area contributed by atoms with Crippen LogP contribution in [0.5, 0.6) is 0 Å². The molecule has 5 heteroatoms. The van der Waals surface area contributed by atoms with Crippen molar-refractivity contribution < 1.29 is 9.53 Å². The molecule has 2 aliphatic rings. The average molecular weight is 340 g/mol. The highest BCUT2D eigenvalue weighted by molar-refractivity contribution is 5.82. The molecule has 1 heterocycles. The summed E-state index contributed by atoms with van der Waals surface area (Å²) in [6.45, 7) is 2.74. The van der Waals surface area contributed by atoms with Crippen molar-refractivity contribution in [1.82, 2.24) is 10.3 Å². The number of carbonyl (C=O) groups excluding carboxylic acids is 1. The first-order valence-electron chi connectivity index (χ1n) is 9.14. The number of aromatic nitrogens is 1. The van der Waals surface area contributed by atoms with Gasteiger partial charge in [0.1, 0.15) is 0 Å². The van der Waals surface area contributed by atoms with Gasteiger partial charge in [0, 0.05) is 29.1 Å². The molecule has 0 aliphatic heterocycles. The summed E-state index contributed by atoms with van der Waals surface area (Å²) in [4.78, 5) is 27.6. The summed E-state index contributed by atoms with van der Waals surface area (Å²) in [5.41, 5.74) is 1.26. The van der Waals surface area contributed by atoms with Crippen LogP contribution in [0.25, 0.3) is 10.9 Å². The van der Waals surface area contributed by atoms with Gasteiger partial charge in [0.05, 0.1) is 12.5 Å². The van der Waals surface area contributed by atoms with Crippen LogP contribution in [0.3, 0.4) is 0 Å².